The zero-order valence-corrected chi connectivity index (χ0v) is 14.1. The minimum Gasteiger partial charge on any atom is -0.384 e. The number of anilines is 1. The maximum Gasteiger partial charge on any atom is 0.411 e. The third-order valence-electron chi connectivity index (χ3n) is 3.63. The van der Waals surface area contributed by atoms with E-state index < -0.39 is 10.7 Å². The Morgan fingerprint density at radius 3 is 2.71 bits per heavy atom. The molecule has 126 valence electrons. The van der Waals surface area contributed by atoms with Crippen LogP contribution in [0.5, 0.6) is 0 Å². The maximum atomic E-state index is 11.1. The molecule has 0 amide bonds. The summed E-state index contributed by atoms with van der Waals surface area (Å²) < 4.78 is 0. The highest BCUT2D eigenvalue weighted by Crippen LogP contribution is 2.26. The lowest BCUT2D eigenvalue weighted by molar-refractivity contribution is -0.566. The van der Waals surface area contributed by atoms with Crippen LogP contribution in [0.15, 0.2) is 40.4 Å². The van der Waals surface area contributed by atoms with Gasteiger partial charge in [0.2, 0.25) is 0 Å². The van der Waals surface area contributed by atoms with Crippen molar-refractivity contribution in [1.82, 2.24) is 4.98 Å². The van der Waals surface area contributed by atoms with Crippen LogP contribution in [-0.2, 0) is 0 Å². The predicted octanol–water partition coefficient (Wildman–Crippen LogP) is 3.59. The topological polar surface area (TPSA) is 92.8 Å². The SMILES string of the molecule is Cl.O=[N+]([O-])C1(CCCNc2ccnc3cc(Cl)ccc23)N=CC=N1. The van der Waals surface area contributed by atoms with E-state index in [4.69, 9.17) is 11.6 Å². The van der Waals surface area contributed by atoms with Gasteiger partial charge in [0.1, 0.15) is 0 Å². The standard InChI is InChI=1S/C15H14ClN5O2.ClH/c16-11-2-3-12-13(4-7-18-14(12)10-11)17-6-1-5-15(21(22)23)19-8-9-20-15;/h2-4,7-10H,1,5-6H2,(H,17,18);1H. The molecule has 1 N–H and O–H groups in total. The van der Waals surface area contributed by atoms with Crippen LogP contribution in [0.4, 0.5) is 5.69 Å². The molecule has 24 heavy (non-hydrogen) atoms. The number of rotatable bonds is 6. The average Bonchev–Trinajstić information content (AvgIpc) is 3.01. The van der Waals surface area contributed by atoms with E-state index in [2.05, 4.69) is 20.3 Å². The number of benzene rings is 1. The van der Waals surface area contributed by atoms with Crippen molar-refractivity contribution >= 4 is 53.0 Å². The summed E-state index contributed by atoms with van der Waals surface area (Å²) in [6, 6.07) is 7.37. The number of nitrogens with one attached hydrogen (secondary N) is 1. The van der Waals surface area contributed by atoms with Gasteiger partial charge in [0.25, 0.3) is 0 Å². The summed E-state index contributed by atoms with van der Waals surface area (Å²) in [5.41, 5.74) is 1.72. The molecule has 7 nitrogen and oxygen atoms in total. The Morgan fingerprint density at radius 2 is 2.00 bits per heavy atom. The second-order valence-corrected chi connectivity index (χ2v) is 5.57. The van der Waals surface area contributed by atoms with E-state index in [1.165, 1.54) is 12.4 Å². The number of hydrogen-bond acceptors (Lipinski definition) is 6. The normalized spacial score (nSPS) is 14.5. The molecule has 0 aliphatic carbocycles. The molecular weight excluding hydrogens is 353 g/mol. The van der Waals surface area contributed by atoms with Crippen LogP contribution in [0.2, 0.25) is 5.02 Å². The molecule has 0 spiro atoms. The van der Waals surface area contributed by atoms with Gasteiger partial charge in [-0.15, -0.1) is 12.4 Å². The summed E-state index contributed by atoms with van der Waals surface area (Å²) in [5.74, 6) is -1.55. The third kappa shape index (κ3) is 3.63. The summed E-state index contributed by atoms with van der Waals surface area (Å²) in [7, 11) is 0. The Hall–Kier alpha value is -2.25. The number of hydrogen-bond donors (Lipinski definition) is 1. The number of nitrogens with zero attached hydrogens (tertiary/aromatic N) is 4. The van der Waals surface area contributed by atoms with Crippen molar-refractivity contribution in [2.45, 2.75) is 18.6 Å². The zero-order valence-electron chi connectivity index (χ0n) is 12.6. The molecule has 2 heterocycles. The Balaban J connectivity index is 0.00000208. The molecule has 1 aliphatic heterocycles. The van der Waals surface area contributed by atoms with E-state index in [-0.39, 0.29) is 18.8 Å². The van der Waals surface area contributed by atoms with Crippen LogP contribution in [0.3, 0.4) is 0 Å². The van der Waals surface area contributed by atoms with E-state index in [0.717, 1.165) is 16.6 Å². The zero-order chi connectivity index (χ0) is 16.3. The maximum absolute atomic E-state index is 11.1. The van der Waals surface area contributed by atoms with Crippen molar-refractivity contribution < 1.29 is 4.92 Å². The van der Waals surface area contributed by atoms with E-state index in [1.807, 2.05) is 12.1 Å². The third-order valence-corrected chi connectivity index (χ3v) is 3.87. The molecule has 1 aromatic heterocycles. The van der Waals surface area contributed by atoms with Crippen molar-refractivity contribution in [3.63, 3.8) is 0 Å². The number of fused-ring (bicyclic) bond motifs is 1. The molecular formula is C15H15Cl2N5O2. The fourth-order valence-corrected chi connectivity index (χ4v) is 2.64. The van der Waals surface area contributed by atoms with Gasteiger partial charge in [-0.3, -0.25) is 15.1 Å². The fraction of sp³-hybridized carbons (Fsp3) is 0.267. The van der Waals surface area contributed by atoms with Gasteiger partial charge in [-0.1, -0.05) is 11.6 Å². The Morgan fingerprint density at radius 1 is 1.25 bits per heavy atom. The lowest BCUT2D eigenvalue weighted by Crippen LogP contribution is -2.32. The highest BCUT2D eigenvalue weighted by Gasteiger charge is 2.42. The van der Waals surface area contributed by atoms with E-state index >= 15 is 0 Å². The Kier molecular flexibility index (Phi) is 5.69. The van der Waals surface area contributed by atoms with Crippen LogP contribution in [0.1, 0.15) is 12.8 Å². The van der Waals surface area contributed by atoms with Gasteiger partial charge in [-0.05, 0) is 30.7 Å². The number of halogens is 2. The van der Waals surface area contributed by atoms with Gasteiger partial charge in [-0.2, -0.15) is 9.98 Å². The van der Waals surface area contributed by atoms with Crippen molar-refractivity contribution in [3.8, 4) is 0 Å². The minimum absolute atomic E-state index is 0. The number of aliphatic imine (C=N–C) groups is 2. The molecule has 1 aliphatic rings. The van der Waals surface area contributed by atoms with Gasteiger partial charge in [0.15, 0.2) is 0 Å². The van der Waals surface area contributed by atoms with Crippen LogP contribution in [0, 0.1) is 10.1 Å². The van der Waals surface area contributed by atoms with Gasteiger partial charge in [-0.25, -0.2) is 0 Å². The molecule has 2 aromatic rings. The lowest BCUT2D eigenvalue weighted by atomic mass is 10.1. The first kappa shape index (κ1) is 18.1. The molecule has 0 fully saturated rings. The molecule has 0 bridgehead atoms. The predicted molar refractivity (Wildman–Crippen MR) is 98.4 cm³/mol. The lowest BCUT2D eigenvalue weighted by Gasteiger charge is -2.14. The molecule has 1 aromatic carbocycles. The summed E-state index contributed by atoms with van der Waals surface area (Å²) in [5, 5.41) is 16.0. The molecule has 0 saturated heterocycles. The summed E-state index contributed by atoms with van der Waals surface area (Å²) in [6.07, 6.45) is 5.25. The number of aromatic nitrogens is 1. The van der Waals surface area contributed by atoms with E-state index in [0.29, 0.717) is 18.0 Å². The van der Waals surface area contributed by atoms with Gasteiger partial charge in [0.05, 0.1) is 16.9 Å². The van der Waals surface area contributed by atoms with E-state index in [1.54, 1.807) is 18.3 Å². The fourth-order valence-electron chi connectivity index (χ4n) is 2.48. The highest BCUT2D eigenvalue weighted by atomic mass is 35.5. The van der Waals surface area contributed by atoms with Crippen LogP contribution in [-0.4, -0.2) is 34.7 Å². The van der Waals surface area contributed by atoms with Gasteiger partial charge < -0.3 is 5.32 Å². The van der Waals surface area contributed by atoms with Crippen LogP contribution >= 0.6 is 24.0 Å². The molecule has 0 unspecified atom stereocenters. The highest BCUT2D eigenvalue weighted by molar-refractivity contribution is 6.31. The summed E-state index contributed by atoms with van der Waals surface area (Å²) >= 11 is 5.96. The monoisotopic (exact) mass is 367 g/mol. The summed E-state index contributed by atoms with van der Waals surface area (Å²) in [4.78, 5) is 22.7. The Bertz CT molecular complexity index is 798. The summed E-state index contributed by atoms with van der Waals surface area (Å²) in [6.45, 7) is 0.572. The molecule has 0 saturated carbocycles. The first-order valence-electron chi connectivity index (χ1n) is 7.12. The second-order valence-electron chi connectivity index (χ2n) is 5.14. The largest absolute Gasteiger partial charge is 0.411 e. The van der Waals surface area contributed by atoms with E-state index in [9.17, 15) is 10.1 Å². The molecule has 0 radical (unpaired) electrons. The smallest absolute Gasteiger partial charge is 0.384 e. The van der Waals surface area contributed by atoms with Crippen molar-refractivity contribution in [2.24, 2.45) is 9.98 Å². The number of nitro groups is 1. The van der Waals surface area contributed by atoms with Crippen molar-refractivity contribution in [3.05, 3.63) is 45.6 Å². The number of pyridine rings is 1. The van der Waals surface area contributed by atoms with Crippen molar-refractivity contribution in [2.75, 3.05) is 11.9 Å². The Labute approximate surface area is 149 Å². The average molecular weight is 368 g/mol. The van der Waals surface area contributed by atoms with Gasteiger partial charge >= 0.3 is 5.79 Å². The quantitative estimate of drug-likeness (QED) is 0.479. The van der Waals surface area contributed by atoms with Gasteiger partial charge in [0, 0.05) is 41.3 Å². The molecule has 0 atom stereocenters. The second kappa shape index (κ2) is 7.55. The van der Waals surface area contributed by atoms with Crippen molar-refractivity contribution in [1.29, 1.82) is 0 Å². The molecule has 3 rings (SSSR count). The van der Waals surface area contributed by atoms with Crippen LogP contribution in [0.25, 0.3) is 10.9 Å². The first-order chi connectivity index (χ1) is 11.1. The molecule has 9 heteroatoms. The van der Waals surface area contributed by atoms with Crippen LogP contribution < -0.4 is 5.32 Å². The minimum atomic E-state index is -1.55. The first-order valence-corrected chi connectivity index (χ1v) is 7.50.